The van der Waals surface area contributed by atoms with Crippen molar-refractivity contribution in [1.82, 2.24) is 0 Å². The summed E-state index contributed by atoms with van der Waals surface area (Å²) in [5.41, 5.74) is -0.0749. The summed E-state index contributed by atoms with van der Waals surface area (Å²) in [6, 6.07) is 0. The summed E-state index contributed by atoms with van der Waals surface area (Å²) in [7, 11) is 0. The highest BCUT2D eigenvalue weighted by molar-refractivity contribution is 7.99. The van der Waals surface area contributed by atoms with Crippen LogP contribution in [0.25, 0.3) is 0 Å². The molecule has 0 bridgehead atoms. The van der Waals surface area contributed by atoms with E-state index in [9.17, 15) is 9.90 Å². The van der Waals surface area contributed by atoms with Crippen LogP contribution in [0.1, 0.15) is 52.9 Å². The summed E-state index contributed by atoms with van der Waals surface area (Å²) >= 11 is 1.85. The zero-order valence-corrected chi connectivity index (χ0v) is 11.5. The van der Waals surface area contributed by atoms with Gasteiger partial charge in [0, 0.05) is 0 Å². The molecule has 0 aromatic heterocycles. The number of hydrogen-bond acceptors (Lipinski definition) is 2. The minimum atomic E-state index is -0.570. The van der Waals surface area contributed by atoms with Gasteiger partial charge in [0.2, 0.25) is 0 Å². The molecule has 0 unspecified atom stereocenters. The predicted octanol–water partition coefficient (Wildman–Crippen LogP) is 3.80. The van der Waals surface area contributed by atoms with Crippen molar-refractivity contribution in [2.45, 2.75) is 52.9 Å². The Morgan fingerprint density at radius 3 is 2.25 bits per heavy atom. The van der Waals surface area contributed by atoms with Crippen LogP contribution in [0.3, 0.4) is 0 Å². The van der Waals surface area contributed by atoms with Crippen molar-refractivity contribution >= 4 is 17.7 Å². The Bertz CT molecular complexity index is 238. The average Bonchev–Trinajstić information content (AvgIpc) is 2.21. The molecule has 1 aliphatic carbocycles. The molecule has 1 fully saturated rings. The molecule has 0 heterocycles. The number of hydrogen-bond donors (Lipinski definition) is 1. The third kappa shape index (κ3) is 3.41. The summed E-state index contributed by atoms with van der Waals surface area (Å²) in [5.74, 6) is 1.50. The van der Waals surface area contributed by atoms with E-state index >= 15 is 0 Å². The van der Waals surface area contributed by atoms with Gasteiger partial charge in [0.05, 0.1) is 5.41 Å². The topological polar surface area (TPSA) is 37.3 Å². The Labute approximate surface area is 103 Å². The fraction of sp³-hybridized carbons (Fsp3) is 0.923. The van der Waals surface area contributed by atoms with Crippen LogP contribution in [-0.2, 0) is 4.79 Å². The molecule has 0 aliphatic heterocycles. The number of carboxylic acids is 1. The fourth-order valence-electron chi connectivity index (χ4n) is 2.39. The van der Waals surface area contributed by atoms with E-state index in [0.29, 0.717) is 5.41 Å². The monoisotopic (exact) mass is 244 g/mol. The van der Waals surface area contributed by atoms with Crippen LogP contribution in [0.4, 0.5) is 0 Å². The van der Waals surface area contributed by atoms with Crippen LogP contribution in [0.15, 0.2) is 0 Å². The quantitative estimate of drug-likeness (QED) is 0.747. The first-order valence-electron chi connectivity index (χ1n) is 6.23. The van der Waals surface area contributed by atoms with Gasteiger partial charge < -0.3 is 5.11 Å². The lowest BCUT2D eigenvalue weighted by Gasteiger charge is -2.40. The first-order valence-corrected chi connectivity index (χ1v) is 7.38. The summed E-state index contributed by atoms with van der Waals surface area (Å²) in [4.78, 5) is 11.5. The number of rotatable bonds is 5. The Morgan fingerprint density at radius 2 is 1.81 bits per heavy atom. The maximum Gasteiger partial charge on any atom is 0.309 e. The maximum absolute atomic E-state index is 11.5. The lowest BCUT2D eigenvalue weighted by Crippen LogP contribution is -2.38. The minimum absolute atomic E-state index is 0.344. The molecule has 2 nitrogen and oxygen atoms in total. The van der Waals surface area contributed by atoms with Gasteiger partial charge in [-0.25, -0.2) is 0 Å². The van der Waals surface area contributed by atoms with Gasteiger partial charge in [-0.1, -0.05) is 20.8 Å². The highest BCUT2D eigenvalue weighted by Crippen LogP contribution is 2.47. The zero-order chi connectivity index (χ0) is 12.2. The van der Waals surface area contributed by atoms with E-state index in [1.807, 2.05) is 11.8 Å². The second kappa shape index (κ2) is 5.44. The Kier molecular flexibility index (Phi) is 4.72. The van der Waals surface area contributed by atoms with Crippen LogP contribution in [0.2, 0.25) is 0 Å². The zero-order valence-electron chi connectivity index (χ0n) is 10.7. The van der Waals surface area contributed by atoms with Gasteiger partial charge in [0.1, 0.15) is 0 Å². The fourth-order valence-corrected chi connectivity index (χ4v) is 3.21. The standard InChI is InChI=1S/C13H24O2S/c1-4-16-10-9-13(11(14)15)7-5-12(2,3)6-8-13/h4-10H2,1-3H3,(H,14,15). The molecule has 0 saturated heterocycles. The van der Waals surface area contributed by atoms with Gasteiger partial charge in [0.25, 0.3) is 0 Å². The van der Waals surface area contributed by atoms with E-state index in [1.165, 1.54) is 0 Å². The lowest BCUT2D eigenvalue weighted by molar-refractivity contribution is -0.152. The first kappa shape index (κ1) is 13.9. The van der Waals surface area contributed by atoms with Crippen molar-refractivity contribution in [3.05, 3.63) is 0 Å². The van der Waals surface area contributed by atoms with Crippen LogP contribution in [0.5, 0.6) is 0 Å². The molecule has 0 aromatic rings. The molecule has 0 aromatic carbocycles. The van der Waals surface area contributed by atoms with Gasteiger partial charge >= 0.3 is 5.97 Å². The van der Waals surface area contributed by atoms with E-state index in [4.69, 9.17) is 0 Å². The molecule has 0 spiro atoms. The summed E-state index contributed by atoms with van der Waals surface area (Å²) in [5, 5.41) is 9.45. The number of aliphatic carboxylic acids is 1. The minimum Gasteiger partial charge on any atom is -0.481 e. The van der Waals surface area contributed by atoms with Crippen molar-refractivity contribution in [3.63, 3.8) is 0 Å². The van der Waals surface area contributed by atoms with Gasteiger partial charge in [-0.15, -0.1) is 0 Å². The second-order valence-corrected chi connectivity index (χ2v) is 7.09. The van der Waals surface area contributed by atoms with Gasteiger partial charge in [-0.05, 0) is 49.0 Å². The SMILES string of the molecule is CCSCCC1(C(=O)O)CCC(C)(C)CC1. The Hall–Kier alpha value is -0.180. The normalized spacial score (nSPS) is 22.9. The highest BCUT2D eigenvalue weighted by atomic mass is 32.2. The number of carbonyl (C=O) groups is 1. The predicted molar refractivity (Wildman–Crippen MR) is 69.9 cm³/mol. The van der Waals surface area contributed by atoms with E-state index in [1.54, 1.807) is 0 Å². The smallest absolute Gasteiger partial charge is 0.309 e. The number of carboxylic acid groups (broad SMARTS) is 1. The van der Waals surface area contributed by atoms with Crippen molar-refractivity contribution in [2.24, 2.45) is 10.8 Å². The van der Waals surface area contributed by atoms with Crippen molar-refractivity contribution in [3.8, 4) is 0 Å². The van der Waals surface area contributed by atoms with Crippen molar-refractivity contribution in [2.75, 3.05) is 11.5 Å². The molecular weight excluding hydrogens is 220 g/mol. The molecule has 94 valence electrons. The van der Waals surface area contributed by atoms with E-state index in [-0.39, 0.29) is 0 Å². The molecule has 16 heavy (non-hydrogen) atoms. The molecule has 3 heteroatoms. The largest absolute Gasteiger partial charge is 0.481 e. The van der Waals surface area contributed by atoms with E-state index < -0.39 is 11.4 Å². The van der Waals surface area contributed by atoms with Crippen molar-refractivity contribution < 1.29 is 9.90 Å². The molecule has 1 aliphatic rings. The highest BCUT2D eigenvalue weighted by Gasteiger charge is 2.43. The average molecular weight is 244 g/mol. The van der Waals surface area contributed by atoms with E-state index in [2.05, 4.69) is 20.8 Å². The van der Waals surface area contributed by atoms with Crippen LogP contribution >= 0.6 is 11.8 Å². The van der Waals surface area contributed by atoms with Gasteiger partial charge in [-0.2, -0.15) is 11.8 Å². The summed E-state index contributed by atoms with van der Waals surface area (Å²) in [6.07, 6.45) is 4.67. The first-order chi connectivity index (χ1) is 7.42. The second-order valence-electron chi connectivity index (χ2n) is 5.70. The van der Waals surface area contributed by atoms with Gasteiger partial charge in [0.15, 0.2) is 0 Å². The maximum atomic E-state index is 11.5. The lowest BCUT2D eigenvalue weighted by atomic mass is 9.64. The molecule has 0 radical (unpaired) electrons. The molecule has 0 atom stereocenters. The number of thioether (sulfide) groups is 1. The summed E-state index contributed by atoms with van der Waals surface area (Å²) < 4.78 is 0. The third-order valence-electron chi connectivity index (χ3n) is 3.94. The van der Waals surface area contributed by atoms with Crippen molar-refractivity contribution in [1.29, 1.82) is 0 Å². The van der Waals surface area contributed by atoms with Crippen LogP contribution < -0.4 is 0 Å². The Morgan fingerprint density at radius 1 is 1.25 bits per heavy atom. The molecule has 0 amide bonds. The molecule has 1 saturated carbocycles. The molecule has 1 rings (SSSR count). The third-order valence-corrected chi connectivity index (χ3v) is 4.84. The van der Waals surface area contributed by atoms with E-state index in [0.717, 1.165) is 43.6 Å². The Balaban J connectivity index is 2.58. The van der Waals surface area contributed by atoms with Crippen LogP contribution in [-0.4, -0.2) is 22.6 Å². The molecule has 1 N–H and O–H groups in total. The molecular formula is C13H24O2S. The van der Waals surface area contributed by atoms with Crippen LogP contribution in [0, 0.1) is 10.8 Å². The summed E-state index contributed by atoms with van der Waals surface area (Å²) in [6.45, 7) is 6.63. The van der Waals surface area contributed by atoms with Gasteiger partial charge in [-0.3, -0.25) is 4.79 Å².